The van der Waals surface area contributed by atoms with Gasteiger partial charge in [0.25, 0.3) is 5.91 Å². The molecule has 0 spiro atoms. The molecular weight excluding hydrogens is 326 g/mol. The summed E-state index contributed by atoms with van der Waals surface area (Å²) in [7, 11) is 0. The lowest BCUT2D eigenvalue weighted by Gasteiger charge is -2.14. The lowest BCUT2D eigenvalue weighted by Crippen LogP contribution is -2.36. The highest BCUT2D eigenvalue weighted by Gasteiger charge is 2.16. The maximum atomic E-state index is 12.6. The topological polar surface area (TPSA) is 62.7 Å². The van der Waals surface area contributed by atoms with Crippen LogP contribution in [-0.2, 0) is 4.74 Å². The third kappa shape index (κ3) is 5.17. The largest absolute Gasteiger partial charge is 0.376 e. The maximum Gasteiger partial charge on any atom is 0.257 e. The summed E-state index contributed by atoms with van der Waals surface area (Å²) >= 11 is 0. The minimum Gasteiger partial charge on any atom is -0.376 e. The molecule has 26 heavy (non-hydrogen) atoms. The number of hydrogen-bond donors (Lipinski definition) is 2. The van der Waals surface area contributed by atoms with Crippen LogP contribution < -0.4 is 10.6 Å². The van der Waals surface area contributed by atoms with E-state index < -0.39 is 0 Å². The van der Waals surface area contributed by atoms with E-state index >= 15 is 0 Å². The molecule has 1 amide bonds. The van der Waals surface area contributed by atoms with E-state index in [0.717, 1.165) is 36.3 Å². The summed E-state index contributed by atoms with van der Waals surface area (Å²) in [5, 5.41) is 6.12. The molecule has 3 rings (SSSR count). The van der Waals surface area contributed by atoms with Crippen molar-refractivity contribution in [1.82, 2.24) is 5.32 Å². The molecule has 1 fully saturated rings. The molecule has 1 aliphatic rings. The van der Waals surface area contributed by atoms with Gasteiger partial charge in [-0.15, -0.1) is 0 Å². The van der Waals surface area contributed by atoms with Gasteiger partial charge >= 0.3 is 0 Å². The number of amides is 1. The summed E-state index contributed by atoms with van der Waals surface area (Å²) in [6.45, 7) is 5.31. The zero-order valence-electron chi connectivity index (χ0n) is 15.3. The second-order valence-electron chi connectivity index (χ2n) is 6.64. The van der Waals surface area contributed by atoms with E-state index in [0.29, 0.717) is 18.1 Å². The van der Waals surface area contributed by atoms with Crippen LogP contribution in [0.25, 0.3) is 0 Å². The van der Waals surface area contributed by atoms with Gasteiger partial charge in [0, 0.05) is 17.9 Å². The normalized spacial score (nSPS) is 17.2. The zero-order valence-corrected chi connectivity index (χ0v) is 15.3. The van der Waals surface area contributed by atoms with Gasteiger partial charge < -0.3 is 10.1 Å². The van der Waals surface area contributed by atoms with Crippen LogP contribution in [-0.4, -0.2) is 31.1 Å². The molecule has 0 bridgehead atoms. The number of carbonyl (C=O) groups excluding carboxylic acids is 1. The number of aliphatic imine (C=N–C) groups is 1. The van der Waals surface area contributed by atoms with Crippen LogP contribution in [0.15, 0.2) is 53.5 Å². The van der Waals surface area contributed by atoms with E-state index in [9.17, 15) is 4.79 Å². The molecule has 0 radical (unpaired) electrons. The van der Waals surface area contributed by atoms with Gasteiger partial charge in [-0.05, 0) is 56.5 Å². The average Bonchev–Trinajstić information content (AvgIpc) is 3.13. The van der Waals surface area contributed by atoms with Crippen molar-refractivity contribution >= 4 is 17.6 Å². The summed E-state index contributed by atoms with van der Waals surface area (Å²) in [4.78, 5) is 17.2. The molecule has 2 aromatic rings. The second kappa shape index (κ2) is 8.63. The number of carbonyl (C=O) groups is 1. The molecule has 2 N–H and O–H groups in total. The molecule has 0 aromatic heterocycles. The number of hydrogen-bond acceptors (Lipinski definition) is 3. The Morgan fingerprint density at radius 3 is 2.62 bits per heavy atom. The first-order chi connectivity index (χ1) is 12.6. The summed E-state index contributed by atoms with van der Waals surface area (Å²) in [5.74, 6) is 0.262. The second-order valence-corrected chi connectivity index (χ2v) is 6.64. The van der Waals surface area contributed by atoms with E-state index in [2.05, 4.69) is 15.6 Å². The fraction of sp³-hybridized carbons (Fsp3) is 0.333. The predicted molar refractivity (Wildman–Crippen MR) is 105 cm³/mol. The van der Waals surface area contributed by atoms with E-state index in [4.69, 9.17) is 4.74 Å². The molecule has 5 nitrogen and oxygen atoms in total. The first kappa shape index (κ1) is 18.1. The average molecular weight is 351 g/mol. The molecule has 2 aromatic carbocycles. The number of nitrogens with one attached hydrogen (secondary N) is 2. The molecular formula is C21H25N3O2. The standard InChI is InChI=1S/C21H25N3O2/c1-15-6-3-8-17(12-15)20(25)24-21(22-14-19-10-5-11-26-19)23-18-9-4-7-16(2)13-18/h3-4,6-9,12-13,19H,5,10-11,14H2,1-2H3,(H2,22,23,24,25). The van der Waals surface area contributed by atoms with Crippen molar-refractivity contribution in [2.24, 2.45) is 4.99 Å². The monoisotopic (exact) mass is 351 g/mol. The van der Waals surface area contributed by atoms with E-state index in [1.54, 1.807) is 6.07 Å². The number of aryl methyl sites for hydroxylation is 2. The molecule has 1 saturated heterocycles. The van der Waals surface area contributed by atoms with Gasteiger partial charge in [-0.2, -0.15) is 0 Å². The fourth-order valence-corrected chi connectivity index (χ4v) is 2.92. The van der Waals surface area contributed by atoms with E-state index in [-0.39, 0.29) is 12.0 Å². The van der Waals surface area contributed by atoms with Gasteiger partial charge in [0.05, 0.1) is 12.6 Å². The smallest absolute Gasteiger partial charge is 0.257 e. The lowest BCUT2D eigenvalue weighted by atomic mass is 10.1. The van der Waals surface area contributed by atoms with Crippen molar-refractivity contribution in [2.45, 2.75) is 32.8 Å². The van der Waals surface area contributed by atoms with Gasteiger partial charge in [0.2, 0.25) is 5.96 Å². The minimum atomic E-state index is -0.181. The Morgan fingerprint density at radius 2 is 1.92 bits per heavy atom. The SMILES string of the molecule is Cc1cccc(NC(=NCC2CCCO2)NC(=O)c2cccc(C)c2)c1. The fourth-order valence-electron chi connectivity index (χ4n) is 2.92. The number of guanidine groups is 1. The molecule has 5 heteroatoms. The predicted octanol–water partition coefficient (Wildman–Crippen LogP) is 3.68. The molecule has 1 atom stereocenters. The van der Waals surface area contributed by atoms with Crippen molar-refractivity contribution in [3.8, 4) is 0 Å². The van der Waals surface area contributed by atoms with Crippen molar-refractivity contribution in [1.29, 1.82) is 0 Å². The molecule has 1 unspecified atom stereocenters. The molecule has 1 aliphatic heterocycles. The zero-order chi connectivity index (χ0) is 18.4. The van der Waals surface area contributed by atoms with Crippen LogP contribution in [0.5, 0.6) is 0 Å². The Balaban J connectivity index is 1.75. The van der Waals surface area contributed by atoms with Crippen LogP contribution in [0.1, 0.15) is 34.3 Å². The van der Waals surface area contributed by atoms with Crippen molar-refractivity contribution in [2.75, 3.05) is 18.5 Å². The summed E-state index contributed by atoms with van der Waals surface area (Å²) < 4.78 is 5.63. The van der Waals surface area contributed by atoms with Gasteiger partial charge in [0.1, 0.15) is 0 Å². The highest BCUT2D eigenvalue weighted by Crippen LogP contribution is 2.13. The number of rotatable bonds is 4. The lowest BCUT2D eigenvalue weighted by molar-refractivity contribution is 0.0975. The number of benzene rings is 2. The van der Waals surface area contributed by atoms with E-state index in [1.807, 2.05) is 56.3 Å². The minimum absolute atomic E-state index is 0.125. The Labute approximate surface area is 154 Å². The van der Waals surface area contributed by atoms with Gasteiger partial charge in [-0.3, -0.25) is 10.1 Å². The van der Waals surface area contributed by atoms with Gasteiger partial charge in [0.15, 0.2) is 0 Å². The highest BCUT2D eigenvalue weighted by molar-refractivity contribution is 6.10. The first-order valence-electron chi connectivity index (χ1n) is 8.98. The summed E-state index contributed by atoms with van der Waals surface area (Å²) in [5.41, 5.74) is 3.68. The highest BCUT2D eigenvalue weighted by atomic mass is 16.5. The Bertz CT molecular complexity index is 795. The number of nitrogens with zero attached hydrogens (tertiary/aromatic N) is 1. The van der Waals surface area contributed by atoms with Gasteiger partial charge in [-0.1, -0.05) is 29.8 Å². The molecule has 136 valence electrons. The van der Waals surface area contributed by atoms with Crippen LogP contribution in [0.4, 0.5) is 5.69 Å². The van der Waals surface area contributed by atoms with Crippen LogP contribution in [0, 0.1) is 13.8 Å². The third-order valence-electron chi connectivity index (χ3n) is 4.27. The maximum absolute atomic E-state index is 12.6. The van der Waals surface area contributed by atoms with Crippen LogP contribution in [0.3, 0.4) is 0 Å². The van der Waals surface area contributed by atoms with Crippen LogP contribution >= 0.6 is 0 Å². The first-order valence-corrected chi connectivity index (χ1v) is 8.98. The Kier molecular flexibility index (Phi) is 6.02. The quantitative estimate of drug-likeness (QED) is 0.652. The van der Waals surface area contributed by atoms with Crippen molar-refractivity contribution in [3.63, 3.8) is 0 Å². The molecule has 0 aliphatic carbocycles. The van der Waals surface area contributed by atoms with Crippen LogP contribution in [0.2, 0.25) is 0 Å². The Hall–Kier alpha value is -2.66. The van der Waals surface area contributed by atoms with Crippen molar-refractivity contribution in [3.05, 3.63) is 65.2 Å². The third-order valence-corrected chi connectivity index (χ3v) is 4.27. The van der Waals surface area contributed by atoms with Crippen molar-refractivity contribution < 1.29 is 9.53 Å². The number of ether oxygens (including phenoxy) is 1. The van der Waals surface area contributed by atoms with E-state index in [1.165, 1.54) is 0 Å². The molecule has 0 saturated carbocycles. The van der Waals surface area contributed by atoms with Gasteiger partial charge in [-0.25, -0.2) is 4.99 Å². The number of anilines is 1. The molecule has 1 heterocycles. The summed E-state index contributed by atoms with van der Waals surface area (Å²) in [6, 6.07) is 15.5. The summed E-state index contributed by atoms with van der Waals surface area (Å²) in [6.07, 6.45) is 2.20. The Morgan fingerprint density at radius 1 is 1.15 bits per heavy atom.